The van der Waals surface area contributed by atoms with Crippen LogP contribution in [0.4, 0.5) is 4.39 Å². The largest absolute Gasteiger partial charge is 0.486 e. The van der Waals surface area contributed by atoms with E-state index in [1.165, 1.54) is 30.3 Å². The van der Waals surface area contributed by atoms with E-state index >= 15 is 0 Å². The fourth-order valence-electron chi connectivity index (χ4n) is 1.73. The SMILES string of the molecule is N#Cc1cc(COc2c(Cl)cccc2C(=O)O)ccc1F. The molecule has 0 aliphatic heterocycles. The maximum atomic E-state index is 13.2. The highest BCUT2D eigenvalue weighted by Gasteiger charge is 2.15. The van der Waals surface area contributed by atoms with Crippen molar-refractivity contribution in [3.8, 4) is 11.8 Å². The molecule has 0 saturated carbocycles. The Hall–Kier alpha value is -2.58. The molecule has 0 aliphatic rings. The van der Waals surface area contributed by atoms with Crippen LogP contribution in [-0.2, 0) is 6.61 Å². The lowest BCUT2D eigenvalue weighted by Crippen LogP contribution is -2.04. The van der Waals surface area contributed by atoms with E-state index in [2.05, 4.69) is 0 Å². The predicted molar refractivity (Wildman–Crippen MR) is 73.9 cm³/mol. The van der Waals surface area contributed by atoms with Crippen LogP contribution in [0.25, 0.3) is 0 Å². The first-order valence-electron chi connectivity index (χ1n) is 5.86. The second kappa shape index (κ2) is 6.25. The quantitative estimate of drug-likeness (QED) is 0.936. The molecule has 0 aromatic heterocycles. The van der Waals surface area contributed by atoms with Crippen molar-refractivity contribution < 1.29 is 19.0 Å². The van der Waals surface area contributed by atoms with Crippen LogP contribution in [-0.4, -0.2) is 11.1 Å². The van der Waals surface area contributed by atoms with Gasteiger partial charge in [0.2, 0.25) is 0 Å². The summed E-state index contributed by atoms with van der Waals surface area (Å²) in [7, 11) is 0. The minimum Gasteiger partial charge on any atom is -0.486 e. The van der Waals surface area contributed by atoms with E-state index in [0.717, 1.165) is 6.07 Å². The molecule has 0 spiro atoms. The summed E-state index contributed by atoms with van der Waals surface area (Å²) in [6.07, 6.45) is 0. The van der Waals surface area contributed by atoms with Crippen molar-refractivity contribution in [3.63, 3.8) is 0 Å². The molecular formula is C15H9ClFNO3. The number of rotatable bonds is 4. The van der Waals surface area contributed by atoms with Gasteiger partial charge in [-0.3, -0.25) is 0 Å². The van der Waals surface area contributed by atoms with Gasteiger partial charge in [0.05, 0.1) is 10.6 Å². The van der Waals surface area contributed by atoms with Crippen molar-refractivity contribution in [1.29, 1.82) is 5.26 Å². The number of aromatic carboxylic acids is 1. The van der Waals surface area contributed by atoms with Crippen LogP contribution in [0.1, 0.15) is 21.5 Å². The van der Waals surface area contributed by atoms with Crippen LogP contribution >= 0.6 is 11.6 Å². The van der Waals surface area contributed by atoms with Gasteiger partial charge < -0.3 is 9.84 Å². The lowest BCUT2D eigenvalue weighted by molar-refractivity contribution is 0.0691. The Morgan fingerprint density at radius 2 is 2.14 bits per heavy atom. The van der Waals surface area contributed by atoms with E-state index in [1.807, 2.05) is 0 Å². The van der Waals surface area contributed by atoms with Gasteiger partial charge in [0.1, 0.15) is 24.1 Å². The van der Waals surface area contributed by atoms with Crippen molar-refractivity contribution in [1.82, 2.24) is 0 Å². The van der Waals surface area contributed by atoms with Crippen molar-refractivity contribution >= 4 is 17.6 Å². The Balaban J connectivity index is 2.25. The fraction of sp³-hybridized carbons (Fsp3) is 0.0667. The summed E-state index contributed by atoms with van der Waals surface area (Å²) in [6, 6.07) is 10.1. The summed E-state index contributed by atoms with van der Waals surface area (Å²) in [6.45, 7) is -0.0288. The van der Waals surface area contributed by atoms with Crippen LogP contribution < -0.4 is 4.74 Å². The summed E-state index contributed by atoms with van der Waals surface area (Å²) >= 11 is 5.92. The first kappa shape index (κ1) is 14.8. The second-order valence-corrected chi connectivity index (χ2v) is 4.54. The minimum atomic E-state index is -1.16. The molecule has 2 aromatic rings. The van der Waals surface area contributed by atoms with Gasteiger partial charge in [-0.25, -0.2) is 9.18 Å². The Morgan fingerprint density at radius 1 is 1.38 bits per heavy atom. The molecule has 0 saturated heterocycles. The first-order valence-corrected chi connectivity index (χ1v) is 6.24. The highest BCUT2D eigenvalue weighted by molar-refractivity contribution is 6.32. The van der Waals surface area contributed by atoms with Gasteiger partial charge in [-0.2, -0.15) is 5.26 Å². The lowest BCUT2D eigenvalue weighted by atomic mass is 10.1. The van der Waals surface area contributed by atoms with Crippen molar-refractivity contribution in [2.45, 2.75) is 6.61 Å². The fourth-order valence-corrected chi connectivity index (χ4v) is 1.96. The van der Waals surface area contributed by atoms with Gasteiger partial charge in [0, 0.05) is 0 Å². The number of benzene rings is 2. The molecule has 0 amide bonds. The summed E-state index contributed by atoms with van der Waals surface area (Å²) in [5.74, 6) is -1.75. The van der Waals surface area contributed by atoms with Gasteiger partial charge >= 0.3 is 5.97 Å². The van der Waals surface area contributed by atoms with E-state index < -0.39 is 11.8 Å². The zero-order chi connectivity index (χ0) is 15.4. The standard InChI is InChI=1S/C15H9ClFNO3/c16-12-3-1-2-11(15(19)20)14(12)21-8-9-4-5-13(17)10(6-9)7-18/h1-6H,8H2,(H,19,20). The molecule has 6 heteroatoms. The Labute approximate surface area is 125 Å². The number of carbonyl (C=O) groups is 1. The van der Waals surface area contributed by atoms with E-state index in [4.69, 9.17) is 26.7 Å². The van der Waals surface area contributed by atoms with Crippen LogP contribution in [0, 0.1) is 17.1 Å². The molecule has 0 atom stereocenters. The molecule has 0 radical (unpaired) electrons. The predicted octanol–water partition coefficient (Wildman–Crippen LogP) is 3.63. The number of nitrogens with zero attached hydrogens (tertiary/aromatic N) is 1. The van der Waals surface area contributed by atoms with Crippen molar-refractivity contribution in [3.05, 3.63) is 63.9 Å². The number of ether oxygens (including phenoxy) is 1. The molecular weight excluding hydrogens is 297 g/mol. The van der Waals surface area contributed by atoms with E-state index in [-0.39, 0.29) is 28.5 Å². The topological polar surface area (TPSA) is 70.3 Å². The zero-order valence-electron chi connectivity index (χ0n) is 10.6. The van der Waals surface area contributed by atoms with Gasteiger partial charge in [0.25, 0.3) is 0 Å². The summed E-state index contributed by atoms with van der Waals surface area (Å²) in [5.41, 5.74) is 0.364. The molecule has 2 rings (SSSR count). The van der Waals surface area contributed by atoms with Crippen molar-refractivity contribution in [2.24, 2.45) is 0 Å². The number of halogens is 2. The molecule has 2 aromatic carbocycles. The Kier molecular flexibility index (Phi) is 4.41. The van der Waals surface area contributed by atoms with Crippen molar-refractivity contribution in [2.75, 3.05) is 0 Å². The van der Waals surface area contributed by atoms with Gasteiger partial charge in [0.15, 0.2) is 5.75 Å². The van der Waals surface area contributed by atoms with Crippen LogP contribution in [0.5, 0.6) is 5.75 Å². The van der Waals surface area contributed by atoms with Gasteiger partial charge in [-0.05, 0) is 29.8 Å². The third-order valence-electron chi connectivity index (χ3n) is 2.73. The number of carboxylic acid groups (broad SMARTS) is 1. The normalized spacial score (nSPS) is 9.95. The third-order valence-corrected chi connectivity index (χ3v) is 3.03. The number of hydrogen-bond donors (Lipinski definition) is 1. The number of nitriles is 1. The zero-order valence-corrected chi connectivity index (χ0v) is 11.4. The number of carboxylic acids is 1. The average molecular weight is 306 g/mol. The smallest absolute Gasteiger partial charge is 0.339 e. The molecule has 0 bridgehead atoms. The summed E-state index contributed by atoms with van der Waals surface area (Å²) in [5, 5.41) is 18.0. The van der Waals surface area contributed by atoms with E-state index in [0.29, 0.717) is 5.56 Å². The second-order valence-electron chi connectivity index (χ2n) is 4.14. The van der Waals surface area contributed by atoms with E-state index in [9.17, 15) is 9.18 Å². The maximum Gasteiger partial charge on any atom is 0.339 e. The van der Waals surface area contributed by atoms with Crippen LogP contribution in [0.2, 0.25) is 5.02 Å². The summed E-state index contributed by atoms with van der Waals surface area (Å²) in [4.78, 5) is 11.1. The van der Waals surface area contributed by atoms with Gasteiger partial charge in [-0.1, -0.05) is 23.7 Å². The third kappa shape index (κ3) is 3.30. The Morgan fingerprint density at radius 3 is 2.81 bits per heavy atom. The van der Waals surface area contributed by atoms with Crippen LogP contribution in [0.3, 0.4) is 0 Å². The minimum absolute atomic E-state index is 0.0288. The molecule has 0 unspecified atom stereocenters. The lowest BCUT2D eigenvalue weighted by Gasteiger charge is -2.11. The Bertz CT molecular complexity index is 740. The molecule has 0 aliphatic carbocycles. The number of para-hydroxylation sites is 1. The highest BCUT2D eigenvalue weighted by atomic mass is 35.5. The first-order chi connectivity index (χ1) is 10.0. The molecule has 1 N–H and O–H groups in total. The van der Waals surface area contributed by atoms with Gasteiger partial charge in [-0.15, -0.1) is 0 Å². The monoisotopic (exact) mass is 305 g/mol. The highest BCUT2D eigenvalue weighted by Crippen LogP contribution is 2.29. The molecule has 0 fully saturated rings. The molecule has 106 valence electrons. The molecule has 0 heterocycles. The molecule has 21 heavy (non-hydrogen) atoms. The molecule has 4 nitrogen and oxygen atoms in total. The number of hydrogen-bond acceptors (Lipinski definition) is 3. The average Bonchev–Trinajstić information content (AvgIpc) is 2.47. The van der Waals surface area contributed by atoms with Crippen LogP contribution in [0.15, 0.2) is 36.4 Å². The maximum absolute atomic E-state index is 13.2. The summed E-state index contributed by atoms with van der Waals surface area (Å²) < 4.78 is 18.6. The van der Waals surface area contributed by atoms with E-state index in [1.54, 1.807) is 6.07 Å².